The second kappa shape index (κ2) is 13.7. The highest BCUT2D eigenvalue weighted by Crippen LogP contribution is 2.40. The maximum absolute atomic E-state index is 14.5. The van der Waals surface area contributed by atoms with Gasteiger partial charge in [-0.2, -0.15) is 18.3 Å². The summed E-state index contributed by atoms with van der Waals surface area (Å²) in [5.74, 6) is -4.63. The number of nitrogens with one attached hydrogen (secondary N) is 1. The molecule has 1 aromatic heterocycles. The van der Waals surface area contributed by atoms with Crippen molar-refractivity contribution < 1.29 is 55.8 Å². The van der Waals surface area contributed by atoms with Gasteiger partial charge in [-0.05, 0) is 55.0 Å². The second-order valence-electron chi connectivity index (χ2n) is 11.6. The Bertz CT molecular complexity index is 1970. The number of halogens is 7. The van der Waals surface area contributed by atoms with Crippen molar-refractivity contribution >= 4 is 29.1 Å². The van der Waals surface area contributed by atoms with Crippen LogP contribution >= 0.6 is 11.6 Å². The summed E-state index contributed by atoms with van der Waals surface area (Å²) in [5, 5.41) is 26.7. The molecular formula is C33H29ClF6N5O5+. The van der Waals surface area contributed by atoms with E-state index in [1.165, 1.54) is 20.2 Å². The van der Waals surface area contributed by atoms with Crippen LogP contribution in [0.15, 0.2) is 54.6 Å². The van der Waals surface area contributed by atoms with E-state index in [-0.39, 0.29) is 40.1 Å². The first-order chi connectivity index (χ1) is 23.7. The Morgan fingerprint density at radius 3 is 2.46 bits per heavy atom. The molecule has 4 aromatic rings. The van der Waals surface area contributed by atoms with Gasteiger partial charge in [-0.25, -0.2) is 27.8 Å². The summed E-state index contributed by atoms with van der Waals surface area (Å²) in [5.41, 5.74) is 4.92. The summed E-state index contributed by atoms with van der Waals surface area (Å²) in [6.07, 6.45) is -10.2. The standard InChI is InChI=1S/C33H28ClF6N5O5/c1-14-43-32(45(44-14)22-11-16(34)7-8-19(22)33(38,39)40)31-28(47)27(30-29(50-31)23(46)13-49-30)42-12-18(15-9-20(35)25(37)21(36)10-15)26(41)17-5-3-4-6-24(17)48-2/h3-12,23,27-31,46-47H,13,41H2,1-2H3/p+1/b26-18+,42-12?/t23?,27?,28?,29?,30-,31-/m1/s1. The Labute approximate surface area is 285 Å². The highest BCUT2D eigenvalue weighted by atomic mass is 35.5. The Balaban J connectivity index is 1.48. The van der Waals surface area contributed by atoms with E-state index < -0.39 is 71.4 Å². The Kier molecular flexibility index (Phi) is 9.67. The fraction of sp³-hybridized carbons (Fsp3) is 0.303. The monoisotopic (exact) mass is 724 g/mol. The normalized spacial score (nSPS) is 24.4. The smallest absolute Gasteiger partial charge is 0.418 e. The first-order valence-electron chi connectivity index (χ1n) is 15.0. The van der Waals surface area contributed by atoms with Crippen molar-refractivity contribution in [2.75, 3.05) is 13.7 Å². The van der Waals surface area contributed by atoms with Crippen molar-refractivity contribution in [2.45, 2.75) is 49.7 Å². The third-order valence-electron chi connectivity index (χ3n) is 8.39. The van der Waals surface area contributed by atoms with E-state index in [1.54, 1.807) is 24.3 Å². The largest absolute Gasteiger partial charge is 0.496 e. The molecule has 10 nitrogen and oxygen atoms in total. The molecule has 3 heterocycles. The van der Waals surface area contributed by atoms with Crippen molar-refractivity contribution in [2.24, 2.45) is 5.73 Å². The topological polar surface area (TPSA) is 139 Å². The number of aromatic nitrogens is 3. The van der Waals surface area contributed by atoms with Gasteiger partial charge >= 0.3 is 6.18 Å². The molecule has 6 atom stereocenters. The number of hydrogen-bond acceptors (Lipinski definition) is 8. The Morgan fingerprint density at radius 1 is 1.08 bits per heavy atom. The predicted octanol–water partition coefficient (Wildman–Crippen LogP) is 3.28. The highest BCUT2D eigenvalue weighted by molar-refractivity contribution is 6.30. The van der Waals surface area contributed by atoms with Gasteiger partial charge < -0.3 is 30.2 Å². The molecule has 50 heavy (non-hydrogen) atoms. The summed E-state index contributed by atoms with van der Waals surface area (Å²) in [7, 11) is 1.38. The Morgan fingerprint density at radius 2 is 1.78 bits per heavy atom. The first-order valence-corrected chi connectivity index (χ1v) is 15.4. The fourth-order valence-corrected chi connectivity index (χ4v) is 6.23. The molecule has 0 spiro atoms. The number of alkyl halides is 3. The molecule has 5 N–H and O–H groups in total. The zero-order valence-corrected chi connectivity index (χ0v) is 26.9. The number of nitrogens with two attached hydrogens (primary N) is 1. The van der Waals surface area contributed by atoms with Gasteiger partial charge in [0.05, 0.1) is 36.2 Å². The van der Waals surface area contributed by atoms with Crippen LogP contribution in [0.2, 0.25) is 5.02 Å². The number of benzene rings is 3. The van der Waals surface area contributed by atoms with E-state index in [9.17, 15) is 36.6 Å². The van der Waals surface area contributed by atoms with E-state index in [0.29, 0.717) is 11.3 Å². The molecular weight excluding hydrogens is 696 g/mol. The number of aliphatic hydroxyl groups excluding tert-OH is 2. The van der Waals surface area contributed by atoms with Crippen LogP contribution in [0.1, 0.15) is 34.4 Å². The maximum atomic E-state index is 14.5. The zero-order valence-electron chi connectivity index (χ0n) is 26.1. The van der Waals surface area contributed by atoms with Gasteiger partial charge in [0.15, 0.2) is 47.8 Å². The molecule has 17 heteroatoms. The van der Waals surface area contributed by atoms with Gasteiger partial charge in [0, 0.05) is 10.6 Å². The number of fused-ring (bicyclic) bond motifs is 1. The van der Waals surface area contributed by atoms with Crippen LogP contribution < -0.4 is 15.5 Å². The van der Waals surface area contributed by atoms with Crippen molar-refractivity contribution in [1.82, 2.24) is 14.8 Å². The fourth-order valence-electron chi connectivity index (χ4n) is 6.07. The van der Waals surface area contributed by atoms with E-state index >= 15 is 0 Å². The average molecular weight is 725 g/mol. The van der Waals surface area contributed by atoms with Crippen LogP contribution in [0.3, 0.4) is 0 Å². The molecule has 2 saturated heterocycles. The lowest BCUT2D eigenvalue weighted by molar-refractivity contribution is -0.539. The van der Waals surface area contributed by atoms with Crippen LogP contribution in [-0.2, 0) is 15.7 Å². The van der Waals surface area contributed by atoms with Crippen LogP contribution in [0.5, 0.6) is 5.75 Å². The van der Waals surface area contributed by atoms with Crippen LogP contribution in [-0.4, -0.2) is 75.4 Å². The number of hydrogen-bond donors (Lipinski definition) is 4. The number of para-hydroxylation sites is 1. The second-order valence-corrected chi connectivity index (χ2v) is 12.0. The Hall–Kier alpha value is -4.48. The third kappa shape index (κ3) is 6.56. The lowest BCUT2D eigenvalue weighted by atomic mass is 9.91. The van der Waals surface area contributed by atoms with Crippen molar-refractivity contribution in [3.8, 4) is 11.4 Å². The molecule has 264 valence electrons. The minimum absolute atomic E-state index is 0.0282. The van der Waals surface area contributed by atoms with Gasteiger partial charge in [0.2, 0.25) is 6.04 Å². The minimum Gasteiger partial charge on any atom is -0.496 e. The zero-order chi connectivity index (χ0) is 36.1. The summed E-state index contributed by atoms with van der Waals surface area (Å²) >= 11 is 6.08. The summed E-state index contributed by atoms with van der Waals surface area (Å²) in [6, 6.07) is 9.59. The molecule has 0 saturated carbocycles. The van der Waals surface area contributed by atoms with Crippen molar-refractivity contribution in [3.63, 3.8) is 0 Å². The van der Waals surface area contributed by atoms with E-state index in [0.717, 1.165) is 35.0 Å². The summed E-state index contributed by atoms with van der Waals surface area (Å²) < 4.78 is 103. The van der Waals surface area contributed by atoms with Gasteiger partial charge in [0.1, 0.15) is 23.8 Å². The first kappa shape index (κ1) is 35.3. The van der Waals surface area contributed by atoms with Crippen molar-refractivity contribution in [1.29, 1.82) is 0 Å². The summed E-state index contributed by atoms with van der Waals surface area (Å²) in [4.78, 5) is 7.23. The lowest BCUT2D eigenvalue weighted by Crippen LogP contribution is -2.86. The predicted molar refractivity (Wildman–Crippen MR) is 167 cm³/mol. The molecule has 0 aliphatic carbocycles. The molecule has 0 bridgehead atoms. The molecule has 4 unspecified atom stereocenters. The van der Waals surface area contributed by atoms with Gasteiger partial charge in [-0.1, -0.05) is 23.7 Å². The molecule has 2 fully saturated rings. The number of nitrogens with zero attached hydrogens (tertiary/aromatic N) is 3. The lowest BCUT2D eigenvalue weighted by Gasteiger charge is -2.37. The summed E-state index contributed by atoms with van der Waals surface area (Å²) in [6.45, 7) is 1.19. The number of aryl methyl sites for hydroxylation is 1. The van der Waals surface area contributed by atoms with Crippen LogP contribution in [0.25, 0.3) is 17.0 Å². The quantitative estimate of drug-likeness (QED) is 0.0987. The van der Waals surface area contributed by atoms with Gasteiger partial charge in [-0.15, -0.1) is 0 Å². The van der Waals surface area contributed by atoms with Gasteiger partial charge in [-0.3, -0.25) is 0 Å². The molecule has 6 rings (SSSR count). The highest BCUT2D eigenvalue weighted by Gasteiger charge is 2.56. The van der Waals surface area contributed by atoms with E-state index in [1.807, 2.05) is 0 Å². The minimum atomic E-state index is -4.83. The number of methoxy groups -OCH3 is 1. The average Bonchev–Trinajstić information content (AvgIpc) is 3.64. The SMILES string of the molecule is COc1ccccc1/C(N)=C(/C=[NH+]C1C(O)[C@H](c2nc(C)nn2-c2cc(Cl)ccc2C(F)(F)F)OC2C(O)CO[C@H]12)c1cc(F)c(F)c(F)c1. The molecule has 0 radical (unpaired) electrons. The molecule has 3 aromatic carbocycles. The van der Waals surface area contributed by atoms with E-state index in [4.69, 9.17) is 31.5 Å². The maximum Gasteiger partial charge on any atom is 0.418 e. The van der Waals surface area contributed by atoms with Crippen LogP contribution in [0.4, 0.5) is 26.3 Å². The van der Waals surface area contributed by atoms with Crippen LogP contribution in [0, 0.1) is 24.4 Å². The molecule has 0 amide bonds. The third-order valence-corrected chi connectivity index (χ3v) is 8.62. The molecule has 2 aliphatic rings. The molecule has 2 aliphatic heterocycles. The van der Waals surface area contributed by atoms with Crippen molar-refractivity contribution in [3.05, 3.63) is 105 Å². The number of rotatable bonds is 7. The van der Waals surface area contributed by atoms with Gasteiger partial charge in [0.25, 0.3) is 0 Å². The number of aliphatic hydroxyl groups is 2. The van der Waals surface area contributed by atoms with E-state index in [2.05, 4.69) is 15.1 Å². The number of allylic oxidation sites excluding steroid dienone is 1. The number of ether oxygens (including phenoxy) is 3.